The molecule has 2 aromatic carbocycles. The third-order valence-electron chi connectivity index (χ3n) is 5.12. The van der Waals surface area contributed by atoms with Crippen molar-refractivity contribution in [3.05, 3.63) is 96.8 Å². The predicted molar refractivity (Wildman–Crippen MR) is 112 cm³/mol. The van der Waals surface area contributed by atoms with E-state index >= 15 is 0 Å². The summed E-state index contributed by atoms with van der Waals surface area (Å²) in [7, 11) is -3.02. The minimum atomic E-state index is -3.02. The van der Waals surface area contributed by atoms with Crippen molar-refractivity contribution in [2.75, 3.05) is 0 Å². The second kappa shape index (κ2) is 6.75. The van der Waals surface area contributed by atoms with Gasteiger partial charge in [0.05, 0.1) is 10.9 Å². The van der Waals surface area contributed by atoms with Gasteiger partial charge in [0.2, 0.25) is 0 Å². The molecule has 4 heteroatoms. The molecule has 0 aliphatic heterocycles. The number of pyridine rings is 2. The molecule has 0 bridgehead atoms. The van der Waals surface area contributed by atoms with Gasteiger partial charge in [-0.15, -0.1) is 0 Å². The molecular formula is C23H21N2OP. The molecule has 0 aliphatic carbocycles. The number of nitrogens with zero attached hydrogens (tertiary/aromatic N) is 2. The van der Waals surface area contributed by atoms with Gasteiger partial charge in [0.15, 0.2) is 12.8 Å². The van der Waals surface area contributed by atoms with Gasteiger partial charge in [-0.2, -0.15) is 0 Å². The Morgan fingerprint density at radius 3 is 1.93 bits per heavy atom. The van der Waals surface area contributed by atoms with Crippen molar-refractivity contribution < 1.29 is 4.57 Å². The summed E-state index contributed by atoms with van der Waals surface area (Å²) >= 11 is 0. The van der Waals surface area contributed by atoms with E-state index in [0.717, 1.165) is 21.7 Å². The lowest BCUT2D eigenvalue weighted by Gasteiger charge is -2.35. The largest absolute Gasteiger partial charge is 0.313 e. The molecule has 134 valence electrons. The molecule has 0 spiro atoms. The first kappa shape index (κ1) is 17.6. The van der Waals surface area contributed by atoms with Gasteiger partial charge in [0.1, 0.15) is 0 Å². The smallest absolute Gasteiger partial charge is 0.159 e. The molecule has 3 nitrogen and oxygen atoms in total. The van der Waals surface area contributed by atoms with E-state index in [4.69, 9.17) is 4.98 Å². The highest BCUT2D eigenvalue weighted by Gasteiger charge is 2.45. The quantitative estimate of drug-likeness (QED) is 0.480. The molecule has 0 aliphatic rings. The van der Waals surface area contributed by atoms with E-state index in [1.165, 1.54) is 0 Å². The van der Waals surface area contributed by atoms with Gasteiger partial charge in [-0.3, -0.25) is 0 Å². The number of benzene rings is 2. The van der Waals surface area contributed by atoms with Crippen LogP contribution in [-0.2, 0) is 9.72 Å². The Kier molecular flexibility index (Phi) is 4.41. The Hall–Kier alpha value is -2.77. The fourth-order valence-electron chi connectivity index (χ4n) is 3.53. The van der Waals surface area contributed by atoms with Gasteiger partial charge in [-0.1, -0.05) is 60.7 Å². The van der Waals surface area contributed by atoms with Crippen molar-refractivity contribution in [1.29, 1.82) is 0 Å². The summed E-state index contributed by atoms with van der Waals surface area (Å²) < 4.78 is 14.7. The predicted octanol–water partition coefficient (Wildman–Crippen LogP) is 4.88. The van der Waals surface area contributed by atoms with Crippen LogP contribution in [0.15, 0.2) is 91.1 Å². The van der Waals surface area contributed by atoms with Crippen LogP contribution in [0.4, 0.5) is 0 Å². The molecule has 0 radical (unpaired) electrons. The molecule has 2 heterocycles. The van der Waals surface area contributed by atoms with Crippen molar-refractivity contribution in [1.82, 2.24) is 9.97 Å². The zero-order valence-electron chi connectivity index (χ0n) is 15.4. The highest BCUT2D eigenvalue weighted by Crippen LogP contribution is 2.60. The van der Waals surface area contributed by atoms with E-state index < -0.39 is 12.3 Å². The van der Waals surface area contributed by atoms with Crippen LogP contribution >= 0.6 is 7.14 Å². The molecule has 0 fully saturated rings. The molecule has 4 rings (SSSR count). The number of aromatic nitrogens is 2. The molecular weight excluding hydrogens is 351 g/mol. The first-order chi connectivity index (χ1) is 13.0. The Morgan fingerprint density at radius 1 is 0.741 bits per heavy atom. The van der Waals surface area contributed by atoms with Crippen LogP contribution in [0.1, 0.15) is 19.5 Å². The molecule has 27 heavy (non-hydrogen) atoms. The van der Waals surface area contributed by atoms with Crippen LogP contribution < -0.4 is 10.6 Å². The molecule has 0 N–H and O–H groups in total. The standard InChI is InChI=1S/C23H21N2OP/c1-23(2,21-16-15-18-10-9-17-24-22(18)25-21)27(26,19-11-5-3-6-12-19)20-13-7-4-8-14-20/h3-17H,1-2H3. The van der Waals surface area contributed by atoms with Gasteiger partial charge in [0, 0.05) is 22.2 Å². The van der Waals surface area contributed by atoms with Gasteiger partial charge < -0.3 is 4.57 Å². The maximum atomic E-state index is 14.7. The third kappa shape index (κ3) is 2.89. The summed E-state index contributed by atoms with van der Waals surface area (Å²) in [4.78, 5) is 9.16. The van der Waals surface area contributed by atoms with Crippen molar-refractivity contribution in [2.24, 2.45) is 0 Å². The molecule has 0 saturated carbocycles. The van der Waals surface area contributed by atoms with E-state index in [2.05, 4.69) is 4.98 Å². The van der Waals surface area contributed by atoms with Gasteiger partial charge in [-0.05, 0) is 38.1 Å². The maximum absolute atomic E-state index is 14.7. The van der Waals surface area contributed by atoms with E-state index in [9.17, 15) is 4.57 Å². The lowest BCUT2D eigenvalue weighted by molar-refractivity contribution is 0.557. The van der Waals surface area contributed by atoms with Crippen molar-refractivity contribution in [3.63, 3.8) is 0 Å². The third-order valence-corrected chi connectivity index (χ3v) is 8.97. The van der Waals surface area contributed by atoms with E-state index in [0.29, 0.717) is 5.65 Å². The molecule has 2 aromatic heterocycles. The van der Waals surface area contributed by atoms with E-state index in [-0.39, 0.29) is 0 Å². The topological polar surface area (TPSA) is 42.9 Å². The zero-order chi connectivity index (χ0) is 18.9. The monoisotopic (exact) mass is 372 g/mol. The van der Waals surface area contributed by atoms with E-state index in [1.807, 2.05) is 98.8 Å². The lowest BCUT2D eigenvalue weighted by atomic mass is 10.1. The fourth-order valence-corrected chi connectivity index (χ4v) is 6.75. The SMILES string of the molecule is CC(C)(c1ccc2cccnc2n1)P(=O)(c1ccccc1)c1ccccc1. The Balaban J connectivity index is 1.97. The first-order valence-electron chi connectivity index (χ1n) is 8.97. The summed E-state index contributed by atoms with van der Waals surface area (Å²) in [6.07, 6.45) is 1.74. The molecule has 0 unspecified atom stereocenters. The second-order valence-corrected chi connectivity index (χ2v) is 10.5. The van der Waals surface area contributed by atoms with Crippen LogP contribution in [0, 0.1) is 0 Å². The normalized spacial score (nSPS) is 12.2. The maximum Gasteiger partial charge on any atom is 0.159 e. The van der Waals surface area contributed by atoms with Crippen LogP contribution in [-0.4, -0.2) is 9.97 Å². The van der Waals surface area contributed by atoms with Crippen LogP contribution in [0.25, 0.3) is 11.0 Å². The highest BCUT2D eigenvalue weighted by atomic mass is 31.2. The van der Waals surface area contributed by atoms with Gasteiger partial charge >= 0.3 is 0 Å². The average Bonchev–Trinajstić information content (AvgIpc) is 2.74. The highest BCUT2D eigenvalue weighted by molar-refractivity contribution is 7.79. The van der Waals surface area contributed by atoms with Crippen molar-refractivity contribution in [2.45, 2.75) is 19.0 Å². The fraction of sp³-hybridized carbons (Fsp3) is 0.130. The van der Waals surface area contributed by atoms with Gasteiger partial charge in [0.25, 0.3) is 0 Å². The lowest BCUT2D eigenvalue weighted by Crippen LogP contribution is -2.32. The van der Waals surface area contributed by atoms with Crippen LogP contribution in [0.3, 0.4) is 0 Å². The molecule has 0 amide bonds. The average molecular weight is 372 g/mol. The Morgan fingerprint density at radius 2 is 1.33 bits per heavy atom. The molecule has 4 aromatic rings. The Labute approximate surface area is 159 Å². The summed E-state index contributed by atoms with van der Waals surface area (Å²) in [5, 5.41) is 1.96. The summed E-state index contributed by atoms with van der Waals surface area (Å²) in [5.41, 5.74) is 1.46. The second-order valence-electron chi connectivity index (χ2n) is 7.09. The van der Waals surface area contributed by atoms with Crippen molar-refractivity contribution >= 4 is 28.8 Å². The van der Waals surface area contributed by atoms with Crippen LogP contribution in [0.5, 0.6) is 0 Å². The Bertz CT molecular complexity index is 1080. The minimum Gasteiger partial charge on any atom is -0.313 e. The van der Waals surface area contributed by atoms with Crippen molar-refractivity contribution in [3.8, 4) is 0 Å². The minimum absolute atomic E-state index is 0.677. The summed E-state index contributed by atoms with van der Waals surface area (Å²) in [6, 6.07) is 27.3. The molecule has 0 saturated heterocycles. The summed E-state index contributed by atoms with van der Waals surface area (Å²) in [6.45, 7) is 4.04. The molecule has 0 atom stereocenters. The zero-order valence-corrected chi connectivity index (χ0v) is 16.3. The summed E-state index contributed by atoms with van der Waals surface area (Å²) in [5.74, 6) is 0. The van der Waals surface area contributed by atoms with E-state index in [1.54, 1.807) is 6.20 Å². The number of fused-ring (bicyclic) bond motifs is 1. The first-order valence-corrected chi connectivity index (χ1v) is 10.7. The number of rotatable bonds is 4. The number of hydrogen-bond acceptors (Lipinski definition) is 3. The van der Waals surface area contributed by atoms with Gasteiger partial charge in [-0.25, -0.2) is 9.97 Å². The number of hydrogen-bond donors (Lipinski definition) is 0. The van der Waals surface area contributed by atoms with Crippen LogP contribution in [0.2, 0.25) is 0 Å².